The Labute approximate surface area is 107 Å². The van der Waals surface area contributed by atoms with Crippen molar-refractivity contribution in [3.8, 4) is 0 Å². The lowest BCUT2D eigenvalue weighted by molar-refractivity contribution is -0.145. The molecule has 0 radical (unpaired) electrons. The van der Waals surface area contributed by atoms with E-state index >= 15 is 0 Å². The van der Waals surface area contributed by atoms with Gasteiger partial charge in [0, 0.05) is 26.7 Å². The lowest BCUT2D eigenvalue weighted by atomic mass is 9.97. The maximum atomic E-state index is 11.9. The molecule has 1 N–H and O–H groups in total. The van der Waals surface area contributed by atoms with E-state index in [2.05, 4.69) is 0 Å². The summed E-state index contributed by atoms with van der Waals surface area (Å²) in [5, 5.41) is 8.88. The second-order valence-corrected chi connectivity index (χ2v) is 4.72. The third-order valence-electron chi connectivity index (χ3n) is 3.28. The van der Waals surface area contributed by atoms with Crippen LogP contribution in [0.2, 0.25) is 0 Å². The average molecular weight is 258 g/mol. The van der Waals surface area contributed by atoms with Gasteiger partial charge in [-0.15, -0.1) is 0 Å². The Hall–Kier alpha value is -1.14. The van der Waals surface area contributed by atoms with Crippen LogP contribution in [0.25, 0.3) is 0 Å². The van der Waals surface area contributed by atoms with Crippen LogP contribution in [0, 0.1) is 5.92 Å². The molecular weight excluding hydrogens is 236 g/mol. The normalized spacial score (nSPS) is 17.2. The fourth-order valence-electron chi connectivity index (χ4n) is 2.03. The third-order valence-corrected chi connectivity index (χ3v) is 3.28. The van der Waals surface area contributed by atoms with Crippen molar-refractivity contribution in [2.45, 2.75) is 12.8 Å². The van der Waals surface area contributed by atoms with Gasteiger partial charge >= 0.3 is 5.97 Å². The molecule has 0 aliphatic carbocycles. The van der Waals surface area contributed by atoms with E-state index in [1.165, 1.54) is 0 Å². The SMILES string of the molecule is COCCN(C)CC(=O)N1CCC(C(=O)O)CC1. The van der Waals surface area contributed by atoms with Crippen LogP contribution in [-0.4, -0.2) is 73.7 Å². The number of hydrogen-bond donors (Lipinski definition) is 1. The zero-order chi connectivity index (χ0) is 13.5. The number of aliphatic carboxylic acids is 1. The Bertz CT molecular complexity index is 288. The summed E-state index contributed by atoms with van der Waals surface area (Å²) in [5.74, 6) is -0.975. The predicted octanol–water partition coefficient (Wildman–Crippen LogP) is -0.112. The number of piperidine rings is 1. The first-order valence-corrected chi connectivity index (χ1v) is 6.22. The molecule has 1 amide bonds. The molecule has 104 valence electrons. The van der Waals surface area contributed by atoms with Crippen molar-refractivity contribution in [1.82, 2.24) is 9.80 Å². The van der Waals surface area contributed by atoms with Crippen molar-refractivity contribution >= 4 is 11.9 Å². The van der Waals surface area contributed by atoms with E-state index < -0.39 is 5.97 Å². The van der Waals surface area contributed by atoms with Crippen molar-refractivity contribution in [3.63, 3.8) is 0 Å². The standard InChI is InChI=1S/C12H22N2O4/c1-13(7-8-18-2)9-11(15)14-5-3-10(4-6-14)12(16)17/h10H,3-9H2,1-2H3,(H,16,17). The molecular formula is C12H22N2O4. The molecule has 1 aliphatic heterocycles. The first-order chi connectivity index (χ1) is 8.54. The van der Waals surface area contributed by atoms with Gasteiger partial charge in [0.1, 0.15) is 0 Å². The van der Waals surface area contributed by atoms with Gasteiger partial charge in [-0.1, -0.05) is 0 Å². The number of carboxylic acid groups (broad SMARTS) is 1. The van der Waals surface area contributed by atoms with Crippen LogP contribution in [0.4, 0.5) is 0 Å². The Morgan fingerprint density at radius 3 is 2.50 bits per heavy atom. The Balaban J connectivity index is 2.29. The predicted molar refractivity (Wildman–Crippen MR) is 66.3 cm³/mol. The van der Waals surface area contributed by atoms with Gasteiger partial charge in [-0.3, -0.25) is 14.5 Å². The molecule has 1 heterocycles. The highest BCUT2D eigenvalue weighted by atomic mass is 16.5. The van der Waals surface area contributed by atoms with Gasteiger partial charge in [0.15, 0.2) is 0 Å². The largest absolute Gasteiger partial charge is 0.481 e. The first kappa shape index (κ1) is 14.9. The van der Waals surface area contributed by atoms with Crippen molar-refractivity contribution in [3.05, 3.63) is 0 Å². The van der Waals surface area contributed by atoms with Crippen LogP contribution in [0.15, 0.2) is 0 Å². The Kier molecular flexibility index (Phi) is 6.07. The summed E-state index contributed by atoms with van der Waals surface area (Å²) in [6.07, 6.45) is 1.12. The van der Waals surface area contributed by atoms with Gasteiger partial charge in [-0.05, 0) is 19.9 Å². The highest BCUT2D eigenvalue weighted by molar-refractivity contribution is 5.78. The number of likely N-dealkylation sites (N-methyl/N-ethyl adjacent to an activating group) is 1. The molecule has 1 aliphatic rings. The van der Waals surface area contributed by atoms with Crippen LogP contribution in [0.3, 0.4) is 0 Å². The molecule has 1 fully saturated rings. The van der Waals surface area contributed by atoms with Gasteiger partial charge in [0.05, 0.1) is 19.1 Å². The molecule has 0 aromatic heterocycles. The molecule has 0 aromatic rings. The summed E-state index contributed by atoms with van der Waals surface area (Å²) >= 11 is 0. The lowest BCUT2D eigenvalue weighted by Gasteiger charge is -2.31. The minimum absolute atomic E-state index is 0.0671. The second kappa shape index (κ2) is 7.33. The molecule has 0 saturated carbocycles. The van der Waals surface area contributed by atoms with E-state index in [0.717, 1.165) is 0 Å². The summed E-state index contributed by atoms with van der Waals surface area (Å²) in [5.41, 5.74) is 0. The van der Waals surface area contributed by atoms with E-state index in [4.69, 9.17) is 9.84 Å². The minimum atomic E-state index is -0.751. The smallest absolute Gasteiger partial charge is 0.306 e. The van der Waals surface area contributed by atoms with Gasteiger partial charge < -0.3 is 14.7 Å². The zero-order valence-electron chi connectivity index (χ0n) is 11.1. The van der Waals surface area contributed by atoms with E-state index in [1.54, 1.807) is 12.0 Å². The molecule has 0 aromatic carbocycles. The summed E-state index contributed by atoms with van der Waals surface area (Å²) in [6.45, 7) is 2.78. The number of carbonyl (C=O) groups excluding carboxylic acids is 1. The average Bonchev–Trinajstić information content (AvgIpc) is 2.36. The molecule has 0 bridgehead atoms. The number of hydrogen-bond acceptors (Lipinski definition) is 4. The Morgan fingerprint density at radius 2 is 2.00 bits per heavy atom. The molecule has 6 nitrogen and oxygen atoms in total. The van der Waals surface area contributed by atoms with Gasteiger partial charge in [-0.2, -0.15) is 0 Å². The van der Waals surface area contributed by atoms with E-state index in [-0.39, 0.29) is 11.8 Å². The number of ether oxygens (including phenoxy) is 1. The first-order valence-electron chi connectivity index (χ1n) is 6.22. The number of carboxylic acids is 1. The Morgan fingerprint density at radius 1 is 1.39 bits per heavy atom. The number of amides is 1. The van der Waals surface area contributed by atoms with Crippen LogP contribution >= 0.6 is 0 Å². The number of carbonyl (C=O) groups is 2. The highest BCUT2D eigenvalue weighted by Gasteiger charge is 2.27. The summed E-state index contributed by atoms with van der Waals surface area (Å²) in [4.78, 5) is 26.4. The minimum Gasteiger partial charge on any atom is -0.481 e. The van der Waals surface area contributed by atoms with E-state index in [9.17, 15) is 9.59 Å². The van der Waals surface area contributed by atoms with Crippen LogP contribution < -0.4 is 0 Å². The van der Waals surface area contributed by atoms with Crippen LogP contribution in [0.1, 0.15) is 12.8 Å². The topological polar surface area (TPSA) is 70.1 Å². The monoisotopic (exact) mass is 258 g/mol. The highest BCUT2D eigenvalue weighted by Crippen LogP contribution is 2.17. The number of nitrogens with zero attached hydrogens (tertiary/aromatic N) is 2. The van der Waals surface area contributed by atoms with Crippen molar-refractivity contribution in [2.24, 2.45) is 5.92 Å². The van der Waals surface area contributed by atoms with Gasteiger partial charge in [0.25, 0.3) is 0 Å². The molecule has 1 rings (SSSR count). The van der Waals surface area contributed by atoms with Crippen LogP contribution in [-0.2, 0) is 14.3 Å². The second-order valence-electron chi connectivity index (χ2n) is 4.72. The summed E-state index contributed by atoms with van der Waals surface area (Å²) in [6, 6.07) is 0. The molecule has 0 spiro atoms. The molecule has 18 heavy (non-hydrogen) atoms. The number of methoxy groups -OCH3 is 1. The maximum absolute atomic E-state index is 11.9. The molecule has 0 atom stereocenters. The van der Waals surface area contributed by atoms with Crippen LogP contribution in [0.5, 0.6) is 0 Å². The molecule has 6 heteroatoms. The summed E-state index contributed by atoms with van der Waals surface area (Å²) in [7, 11) is 3.51. The maximum Gasteiger partial charge on any atom is 0.306 e. The molecule has 1 saturated heterocycles. The summed E-state index contributed by atoms with van der Waals surface area (Å²) < 4.78 is 4.95. The lowest BCUT2D eigenvalue weighted by Crippen LogP contribution is -2.44. The van der Waals surface area contributed by atoms with Crippen molar-refractivity contribution in [2.75, 3.05) is 46.9 Å². The zero-order valence-corrected chi connectivity index (χ0v) is 11.1. The fraction of sp³-hybridized carbons (Fsp3) is 0.833. The number of rotatable bonds is 6. The van der Waals surface area contributed by atoms with E-state index in [1.807, 2.05) is 11.9 Å². The third kappa shape index (κ3) is 4.62. The fourth-order valence-corrected chi connectivity index (χ4v) is 2.03. The van der Waals surface area contributed by atoms with E-state index in [0.29, 0.717) is 45.6 Å². The van der Waals surface area contributed by atoms with Crippen molar-refractivity contribution in [1.29, 1.82) is 0 Å². The van der Waals surface area contributed by atoms with Gasteiger partial charge in [-0.25, -0.2) is 0 Å². The number of likely N-dealkylation sites (tertiary alicyclic amines) is 1. The van der Waals surface area contributed by atoms with Crippen molar-refractivity contribution < 1.29 is 19.4 Å². The molecule has 0 unspecified atom stereocenters. The van der Waals surface area contributed by atoms with Gasteiger partial charge in [0.2, 0.25) is 5.91 Å². The quantitative estimate of drug-likeness (QED) is 0.719.